The van der Waals surface area contributed by atoms with Gasteiger partial charge in [-0.25, -0.2) is 0 Å². The van der Waals surface area contributed by atoms with Crippen LogP contribution >= 0.6 is 0 Å². The summed E-state index contributed by atoms with van der Waals surface area (Å²) < 4.78 is 0. The van der Waals surface area contributed by atoms with E-state index >= 15 is 0 Å². The molecule has 2 heteroatoms. The zero-order valence-corrected chi connectivity index (χ0v) is 10.8. The van der Waals surface area contributed by atoms with Gasteiger partial charge in [-0.05, 0) is 50.0 Å². The van der Waals surface area contributed by atoms with E-state index in [0.29, 0.717) is 17.6 Å². The third kappa shape index (κ3) is 5.54. The number of hydrogen-bond donors (Lipinski definition) is 1. The fourth-order valence-electron chi connectivity index (χ4n) is 2.43. The van der Waals surface area contributed by atoms with Gasteiger partial charge in [-0.1, -0.05) is 40.8 Å². The van der Waals surface area contributed by atoms with Gasteiger partial charge in [0.2, 0.25) is 0 Å². The normalized spacial score (nSPS) is 13.4. The molecule has 2 nitrogen and oxygen atoms in total. The quantitative estimate of drug-likeness (QED) is 0.843. The molecule has 0 amide bonds. The standard InChI is InChI=1S/C14H23NO.2CH4/c1-5-14(11(2)10-15(3)4)12-7-6-8-13(16)9-12;;/h6-9,11,14,16H,5,10H2,1-4H3;2*1H4/t11-,14+;;/m0../s1. The molecule has 0 saturated heterocycles. The van der Waals surface area contributed by atoms with Crippen LogP contribution < -0.4 is 0 Å². The Labute approximate surface area is 114 Å². The number of nitrogens with zero attached hydrogens (tertiary/aromatic N) is 1. The van der Waals surface area contributed by atoms with Crippen molar-refractivity contribution in [3.05, 3.63) is 29.8 Å². The fraction of sp³-hybridized carbons (Fsp3) is 0.625. The highest BCUT2D eigenvalue weighted by atomic mass is 16.3. The van der Waals surface area contributed by atoms with Gasteiger partial charge in [0, 0.05) is 6.54 Å². The summed E-state index contributed by atoms with van der Waals surface area (Å²) in [7, 11) is 4.21. The van der Waals surface area contributed by atoms with E-state index in [1.54, 1.807) is 6.07 Å². The molecule has 0 radical (unpaired) electrons. The Morgan fingerprint density at radius 3 is 2.28 bits per heavy atom. The van der Waals surface area contributed by atoms with Crippen LogP contribution in [0.2, 0.25) is 0 Å². The van der Waals surface area contributed by atoms with Gasteiger partial charge in [0.1, 0.15) is 5.75 Å². The Morgan fingerprint density at radius 2 is 1.83 bits per heavy atom. The van der Waals surface area contributed by atoms with Crippen molar-refractivity contribution in [2.24, 2.45) is 5.92 Å². The lowest BCUT2D eigenvalue weighted by Gasteiger charge is -2.26. The molecular weight excluding hydrogens is 222 g/mol. The average molecular weight is 253 g/mol. The highest BCUT2D eigenvalue weighted by Crippen LogP contribution is 2.30. The minimum absolute atomic E-state index is 0. The molecule has 2 atom stereocenters. The zero-order chi connectivity index (χ0) is 12.1. The lowest BCUT2D eigenvalue weighted by atomic mass is 9.85. The molecule has 0 aliphatic carbocycles. The number of hydrogen-bond acceptors (Lipinski definition) is 2. The Kier molecular flexibility index (Phi) is 9.64. The summed E-state index contributed by atoms with van der Waals surface area (Å²) in [5.74, 6) is 1.49. The van der Waals surface area contributed by atoms with Gasteiger partial charge in [-0.15, -0.1) is 0 Å². The second-order valence-corrected chi connectivity index (χ2v) is 4.85. The number of aromatic hydroxyl groups is 1. The molecule has 0 aromatic heterocycles. The second-order valence-electron chi connectivity index (χ2n) is 4.85. The van der Waals surface area contributed by atoms with Crippen molar-refractivity contribution < 1.29 is 5.11 Å². The van der Waals surface area contributed by atoms with Crippen molar-refractivity contribution in [2.45, 2.75) is 41.0 Å². The summed E-state index contributed by atoms with van der Waals surface area (Å²) in [5, 5.41) is 9.51. The first-order valence-electron chi connectivity index (χ1n) is 5.98. The summed E-state index contributed by atoms with van der Waals surface area (Å²) >= 11 is 0. The minimum Gasteiger partial charge on any atom is -0.508 e. The topological polar surface area (TPSA) is 23.5 Å². The van der Waals surface area contributed by atoms with Crippen LogP contribution in [0.5, 0.6) is 5.75 Å². The average Bonchev–Trinajstić information content (AvgIpc) is 2.17. The van der Waals surface area contributed by atoms with Gasteiger partial charge in [0.25, 0.3) is 0 Å². The Morgan fingerprint density at radius 1 is 1.22 bits per heavy atom. The van der Waals surface area contributed by atoms with Crippen LogP contribution in [-0.2, 0) is 0 Å². The summed E-state index contributed by atoms with van der Waals surface area (Å²) in [6.45, 7) is 5.56. The first-order valence-corrected chi connectivity index (χ1v) is 5.98. The maximum atomic E-state index is 9.51. The highest BCUT2D eigenvalue weighted by molar-refractivity contribution is 5.30. The number of benzene rings is 1. The minimum atomic E-state index is 0. The molecule has 0 heterocycles. The maximum Gasteiger partial charge on any atom is 0.115 e. The van der Waals surface area contributed by atoms with Crippen LogP contribution in [-0.4, -0.2) is 30.6 Å². The molecule has 0 aliphatic rings. The van der Waals surface area contributed by atoms with Gasteiger partial charge < -0.3 is 10.0 Å². The van der Waals surface area contributed by atoms with Gasteiger partial charge in [-0.2, -0.15) is 0 Å². The molecule has 1 N–H and O–H groups in total. The monoisotopic (exact) mass is 253 g/mol. The van der Waals surface area contributed by atoms with E-state index in [2.05, 4.69) is 38.9 Å². The molecule has 1 aromatic carbocycles. The van der Waals surface area contributed by atoms with Crippen LogP contribution in [0, 0.1) is 5.92 Å². The largest absolute Gasteiger partial charge is 0.508 e. The van der Waals surface area contributed by atoms with Gasteiger partial charge in [0.15, 0.2) is 0 Å². The molecule has 0 saturated carbocycles. The zero-order valence-electron chi connectivity index (χ0n) is 10.8. The Bertz CT molecular complexity index is 323. The predicted octanol–water partition coefficient (Wildman–Crippen LogP) is 4.36. The second kappa shape index (κ2) is 8.98. The Hall–Kier alpha value is -1.02. The summed E-state index contributed by atoms with van der Waals surface area (Å²) in [6, 6.07) is 7.66. The molecule has 106 valence electrons. The van der Waals surface area contributed by atoms with E-state index in [4.69, 9.17) is 0 Å². The number of rotatable bonds is 5. The van der Waals surface area contributed by atoms with E-state index in [-0.39, 0.29) is 14.9 Å². The molecule has 0 aliphatic heterocycles. The molecule has 0 spiro atoms. The van der Waals surface area contributed by atoms with Crippen molar-refractivity contribution in [3.8, 4) is 5.75 Å². The molecule has 1 aromatic rings. The van der Waals surface area contributed by atoms with Crippen LogP contribution in [0.3, 0.4) is 0 Å². The molecule has 0 bridgehead atoms. The summed E-state index contributed by atoms with van der Waals surface area (Å²) in [6.07, 6.45) is 1.11. The van der Waals surface area contributed by atoms with Crippen LogP contribution in [0.25, 0.3) is 0 Å². The molecule has 1 rings (SSSR count). The van der Waals surface area contributed by atoms with E-state index in [9.17, 15) is 5.11 Å². The van der Waals surface area contributed by atoms with Crippen LogP contribution in [0.4, 0.5) is 0 Å². The first kappa shape index (κ1) is 19.3. The Balaban J connectivity index is 0. The SMILES string of the molecule is C.C.CC[C@@H](c1cccc(O)c1)[C@@H](C)CN(C)C. The summed E-state index contributed by atoms with van der Waals surface area (Å²) in [5.41, 5.74) is 1.25. The van der Waals surface area contributed by atoms with Crippen molar-refractivity contribution in [1.82, 2.24) is 4.90 Å². The van der Waals surface area contributed by atoms with Gasteiger partial charge >= 0.3 is 0 Å². The van der Waals surface area contributed by atoms with Crippen molar-refractivity contribution >= 4 is 0 Å². The third-order valence-electron chi connectivity index (χ3n) is 3.08. The molecule has 0 unspecified atom stereocenters. The van der Waals surface area contributed by atoms with Crippen molar-refractivity contribution in [3.63, 3.8) is 0 Å². The van der Waals surface area contributed by atoms with Crippen LogP contribution in [0.1, 0.15) is 46.6 Å². The van der Waals surface area contributed by atoms with E-state index in [1.165, 1.54) is 5.56 Å². The fourth-order valence-corrected chi connectivity index (χ4v) is 2.43. The maximum absolute atomic E-state index is 9.51. The van der Waals surface area contributed by atoms with Gasteiger partial charge in [-0.3, -0.25) is 0 Å². The number of phenols is 1. The van der Waals surface area contributed by atoms with Crippen molar-refractivity contribution in [1.29, 1.82) is 0 Å². The molecule has 18 heavy (non-hydrogen) atoms. The lowest BCUT2D eigenvalue weighted by Crippen LogP contribution is -2.24. The van der Waals surface area contributed by atoms with E-state index in [0.717, 1.165) is 13.0 Å². The highest BCUT2D eigenvalue weighted by Gasteiger charge is 2.18. The van der Waals surface area contributed by atoms with Crippen molar-refractivity contribution in [2.75, 3.05) is 20.6 Å². The molecule has 0 fully saturated rings. The van der Waals surface area contributed by atoms with E-state index < -0.39 is 0 Å². The first-order chi connectivity index (χ1) is 7.54. The van der Waals surface area contributed by atoms with Crippen LogP contribution in [0.15, 0.2) is 24.3 Å². The smallest absolute Gasteiger partial charge is 0.115 e. The predicted molar refractivity (Wildman–Crippen MR) is 82.3 cm³/mol. The van der Waals surface area contributed by atoms with E-state index in [1.807, 2.05) is 12.1 Å². The lowest BCUT2D eigenvalue weighted by molar-refractivity contribution is 0.301. The number of phenolic OH excluding ortho intramolecular Hbond substituents is 1. The summed E-state index contributed by atoms with van der Waals surface area (Å²) in [4.78, 5) is 2.22. The third-order valence-corrected chi connectivity index (χ3v) is 3.08. The molecular formula is C16H31NO. The van der Waals surface area contributed by atoms with Gasteiger partial charge in [0.05, 0.1) is 0 Å².